The first-order chi connectivity index (χ1) is 14.7. The maximum atomic E-state index is 15.2. The Labute approximate surface area is 184 Å². The first-order valence-corrected chi connectivity index (χ1v) is 10.6. The highest BCUT2D eigenvalue weighted by molar-refractivity contribution is 6.31. The van der Waals surface area contributed by atoms with Crippen LogP contribution in [0.5, 0.6) is 5.75 Å². The smallest absolute Gasteiger partial charge is 0.164 e. The zero-order valence-corrected chi connectivity index (χ0v) is 18.7. The van der Waals surface area contributed by atoms with Gasteiger partial charge in [-0.15, -0.1) is 0 Å². The van der Waals surface area contributed by atoms with Crippen LogP contribution in [0.3, 0.4) is 0 Å². The zero-order valence-electron chi connectivity index (χ0n) is 17.9. The quantitative estimate of drug-likeness (QED) is 0.596. The van der Waals surface area contributed by atoms with Crippen LogP contribution in [0.2, 0.25) is 5.02 Å². The maximum Gasteiger partial charge on any atom is 0.164 e. The molecule has 10 heteroatoms. The molecule has 2 aromatic heterocycles. The predicted octanol–water partition coefficient (Wildman–Crippen LogP) is 3.25. The first kappa shape index (κ1) is 21.7. The molecule has 4 rings (SSSR count). The molecule has 0 amide bonds. The minimum atomic E-state index is -0.587. The molecule has 1 saturated heterocycles. The number of likely N-dealkylation sites (tertiary alicyclic amines) is 1. The van der Waals surface area contributed by atoms with E-state index < -0.39 is 12.0 Å². The van der Waals surface area contributed by atoms with Crippen molar-refractivity contribution in [3.8, 4) is 5.75 Å². The molecule has 8 nitrogen and oxygen atoms in total. The number of anilines is 1. The summed E-state index contributed by atoms with van der Waals surface area (Å²) in [6.45, 7) is 8.75. The monoisotopic (exact) mass is 448 g/mol. The molecule has 3 heterocycles. The van der Waals surface area contributed by atoms with Crippen molar-refractivity contribution in [2.45, 2.75) is 45.9 Å². The van der Waals surface area contributed by atoms with Crippen molar-refractivity contribution in [3.63, 3.8) is 0 Å². The summed E-state index contributed by atoms with van der Waals surface area (Å²) in [5.41, 5.74) is 8.48. The summed E-state index contributed by atoms with van der Waals surface area (Å²) in [4.78, 5) is 10.3. The molecule has 1 fully saturated rings. The number of halogens is 2. The van der Waals surface area contributed by atoms with Crippen molar-refractivity contribution in [2.75, 3.05) is 25.4 Å². The molecule has 1 aliphatic heterocycles. The van der Waals surface area contributed by atoms with Crippen LogP contribution >= 0.6 is 11.6 Å². The Morgan fingerprint density at radius 1 is 1.35 bits per heavy atom. The molecule has 0 radical (unpaired) electrons. The normalized spacial score (nSPS) is 17.0. The average Bonchev–Trinajstić information content (AvgIpc) is 3.02. The minimum Gasteiger partial charge on any atom is -0.493 e. The molecular weight excluding hydrogens is 423 g/mol. The van der Waals surface area contributed by atoms with Gasteiger partial charge in [-0.3, -0.25) is 4.90 Å². The molecule has 0 aliphatic carbocycles. The standard InChI is InChI=1S/C21H26ClFN6O2/c1-5-31-19-14(6-15(22)18(23)17(19)13-7-28(8-13)12(4)30)11(3)29-21-16(10(2)27-29)20(24)25-9-26-21/h6,9,11-13,30H,5,7-8H2,1-4H3,(H2,24,25,26). The Morgan fingerprint density at radius 3 is 2.71 bits per heavy atom. The Hall–Kier alpha value is -2.49. The molecule has 1 aromatic carbocycles. The van der Waals surface area contributed by atoms with Crippen LogP contribution in [0.1, 0.15) is 49.6 Å². The van der Waals surface area contributed by atoms with Gasteiger partial charge in [0.05, 0.1) is 28.8 Å². The van der Waals surface area contributed by atoms with Gasteiger partial charge in [0.25, 0.3) is 0 Å². The van der Waals surface area contributed by atoms with Gasteiger partial charge >= 0.3 is 0 Å². The van der Waals surface area contributed by atoms with E-state index in [0.29, 0.717) is 59.1 Å². The lowest BCUT2D eigenvalue weighted by Crippen LogP contribution is -2.50. The second-order valence-corrected chi connectivity index (χ2v) is 8.29. The van der Waals surface area contributed by atoms with Crippen LogP contribution in [0, 0.1) is 12.7 Å². The van der Waals surface area contributed by atoms with Gasteiger partial charge in [0.1, 0.15) is 29.9 Å². The lowest BCUT2D eigenvalue weighted by atomic mass is 9.87. The number of rotatable bonds is 6. The lowest BCUT2D eigenvalue weighted by molar-refractivity contribution is -0.0341. The van der Waals surface area contributed by atoms with Crippen molar-refractivity contribution in [3.05, 3.63) is 40.1 Å². The fourth-order valence-corrected chi connectivity index (χ4v) is 4.42. The summed E-state index contributed by atoms with van der Waals surface area (Å²) in [5, 5.41) is 15.1. The predicted molar refractivity (Wildman–Crippen MR) is 117 cm³/mol. The summed E-state index contributed by atoms with van der Waals surface area (Å²) in [5.74, 6) is 0.214. The molecule has 3 N–H and O–H groups in total. The molecule has 3 aromatic rings. The third-order valence-electron chi connectivity index (χ3n) is 5.88. The van der Waals surface area contributed by atoms with Crippen LogP contribution < -0.4 is 10.5 Å². The number of nitrogens with two attached hydrogens (primary N) is 1. The van der Waals surface area contributed by atoms with Crippen LogP contribution in [-0.4, -0.2) is 55.7 Å². The van der Waals surface area contributed by atoms with Crippen molar-refractivity contribution < 1.29 is 14.2 Å². The summed E-state index contributed by atoms with van der Waals surface area (Å²) in [7, 11) is 0. The highest BCUT2D eigenvalue weighted by Crippen LogP contribution is 2.44. The van der Waals surface area contributed by atoms with Crippen LogP contribution in [0.4, 0.5) is 10.2 Å². The van der Waals surface area contributed by atoms with E-state index in [1.165, 1.54) is 6.33 Å². The van der Waals surface area contributed by atoms with E-state index in [9.17, 15) is 5.11 Å². The van der Waals surface area contributed by atoms with E-state index in [-0.39, 0.29) is 17.0 Å². The number of nitrogens with zero attached hydrogens (tertiary/aromatic N) is 5. The molecule has 0 spiro atoms. The molecule has 0 bridgehead atoms. The molecule has 0 saturated carbocycles. The average molecular weight is 449 g/mol. The second kappa shape index (κ2) is 8.22. The largest absolute Gasteiger partial charge is 0.493 e. The Bertz CT molecular complexity index is 1130. The fraction of sp³-hybridized carbons (Fsp3) is 0.476. The van der Waals surface area contributed by atoms with Gasteiger partial charge in [-0.05, 0) is 33.8 Å². The summed E-state index contributed by atoms with van der Waals surface area (Å²) < 4.78 is 22.9. The number of aromatic nitrogens is 4. The zero-order chi connectivity index (χ0) is 22.4. The SMILES string of the molecule is CCOc1c(C(C)n2nc(C)c3c(N)ncnc32)cc(Cl)c(F)c1C1CN(C(C)O)C1. The number of benzene rings is 1. The lowest BCUT2D eigenvalue weighted by Gasteiger charge is -2.42. The molecule has 2 unspecified atom stereocenters. The Kier molecular flexibility index (Phi) is 5.76. The number of nitrogen functional groups attached to an aromatic ring is 1. The number of ether oxygens (including phenoxy) is 1. The van der Waals surface area contributed by atoms with Gasteiger partial charge < -0.3 is 15.6 Å². The van der Waals surface area contributed by atoms with E-state index in [1.54, 1.807) is 17.7 Å². The number of hydrogen-bond donors (Lipinski definition) is 2. The third kappa shape index (κ3) is 3.60. The number of fused-ring (bicyclic) bond motifs is 1. The number of aryl methyl sites for hydroxylation is 1. The number of aliphatic hydroxyl groups excluding tert-OH is 1. The van der Waals surface area contributed by atoms with Gasteiger partial charge in [0.2, 0.25) is 0 Å². The van der Waals surface area contributed by atoms with Gasteiger partial charge in [-0.2, -0.15) is 5.10 Å². The van der Waals surface area contributed by atoms with Gasteiger partial charge in [-0.1, -0.05) is 11.6 Å². The number of hydrogen-bond acceptors (Lipinski definition) is 7. The van der Waals surface area contributed by atoms with Crippen LogP contribution in [-0.2, 0) is 0 Å². The van der Waals surface area contributed by atoms with Gasteiger partial charge in [0, 0.05) is 30.1 Å². The van der Waals surface area contributed by atoms with Crippen molar-refractivity contribution in [1.82, 2.24) is 24.6 Å². The summed E-state index contributed by atoms with van der Waals surface area (Å²) in [6.07, 6.45) is 0.809. The van der Waals surface area contributed by atoms with E-state index in [1.807, 2.05) is 25.7 Å². The molecule has 1 aliphatic rings. The summed E-state index contributed by atoms with van der Waals surface area (Å²) >= 11 is 6.33. The fourth-order valence-electron chi connectivity index (χ4n) is 4.20. The minimum absolute atomic E-state index is 0.0260. The van der Waals surface area contributed by atoms with E-state index >= 15 is 4.39 Å². The summed E-state index contributed by atoms with van der Waals surface area (Å²) in [6, 6.07) is 1.24. The van der Waals surface area contributed by atoms with Crippen molar-refractivity contribution in [2.24, 2.45) is 0 Å². The molecule has 166 valence electrons. The van der Waals surface area contributed by atoms with Gasteiger partial charge in [0.15, 0.2) is 5.65 Å². The van der Waals surface area contributed by atoms with Crippen molar-refractivity contribution in [1.29, 1.82) is 0 Å². The van der Waals surface area contributed by atoms with Crippen LogP contribution in [0.25, 0.3) is 11.0 Å². The van der Waals surface area contributed by atoms with E-state index in [2.05, 4.69) is 15.1 Å². The topological polar surface area (TPSA) is 102 Å². The van der Waals surface area contributed by atoms with E-state index in [4.69, 9.17) is 22.1 Å². The van der Waals surface area contributed by atoms with E-state index in [0.717, 1.165) is 0 Å². The maximum absolute atomic E-state index is 15.2. The Morgan fingerprint density at radius 2 is 2.06 bits per heavy atom. The van der Waals surface area contributed by atoms with Gasteiger partial charge in [-0.25, -0.2) is 19.0 Å². The Balaban J connectivity index is 1.84. The second-order valence-electron chi connectivity index (χ2n) is 7.88. The highest BCUT2D eigenvalue weighted by Gasteiger charge is 2.37. The number of aliphatic hydroxyl groups is 1. The third-order valence-corrected chi connectivity index (χ3v) is 6.16. The molecular formula is C21H26ClFN6O2. The molecule has 31 heavy (non-hydrogen) atoms. The van der Waals surface area contributed by atoms with Crippen LogP contribution in [0.15, 0.2) is 12.4 Å². The highest BCUT2D eigenvalue weighted by atomic mass is 35.5. The first-order valence-electron chi connectivity index (χ1n) is 10.3. The van der Waals surface area contributed by atoms with Crippen molar-refractivity contribution >= 4 is 28.5 Å². The molecule has 2 atom stereocenters.